The average Bonchev–Trinajstić information content (AvgIpc) is 3.31. The Morgan fingerprint density at radius 3 is 2.93 bits per heavy atom. The fourth-order valence-electron chi connectivity index (χ4n) is 5.75. The Bertz CT molecular complexity index is 1430. The number of benzene rings is 2. The largest absolute Gasteiger partial charge is 0.460 e. The van der Waals surface area contributed by atoms with Crippen LogP contribution in [0.4, 0.5) is 0 Å². The van der Waals surface area contributed by atoms with Crippen LogP contribution in [-0.2, 0) is 6.42 Å². The van der Waals surface area contributed by atoms with E-state index in [2.05, 4.69) is 65.7 Å². The van der Waals surface area contributed by atoms with Crippen molar-refractivity contribution in [3.05, 3.63) is 75.5 Å². The standard InChI is InChI=1S/C26H21NO/c1-2-6-17-15(5-1)9-10-16-11-14-22-25(23(16)17)19-12-13-21-24(26(19)28-22)18-7-3-4-8-20(18)27-21/h1-2,5-10,12-13,16,23,27H,3-4,11,14H2. The molecule has 2 nitrogen and oxygen atoms in total. The van der Waals surface area contributed by atoms with E-state index in [0.717, 1.165) is 31.3 Å². The summed E-state index contributed by atoms with van der Waals surface area (Å²) < 4.78 is 6.61. The van der Waals surface area contributed by atoms with Gasteiger partial charge in [0.2, 0.25) is 0 Å². The molecule has 0 fully saturated rings. The van der Waals surface area contributed by atoms with Gasteiger partial charge in [0.15, 0.2) is 0 Å². The molecule has 28 heavy (non-hydrogen) atoms. The summed E-state index contributed by atoms with van der Waals surface area (Å²) in [5.74, 6) is 2.18. The van der Waals surface area contributed by atoms with Crippen molar-refractivity contribution >= 4 is 40.1 Å². The third kappa shape index (κ3) is 1.83. The molecule has 0 bridgehead atoms. The summed E-state index contributed by atoms with van der Waals surface area (Å²) in [4.78, 5) is 3.60. The van der Waals surface area contributed by atoms with Crippen molar-refractivity contribution in [3.63, 3.8) is 0 Å². The normalized spacial score (nSPS) is 22.1. The van der Waals surface area contributed by atoms with Crippen LogP contribution in [0, 0.1) is 5.92 Å². The predicted molar refractivity (Wildman–Crippen MR) is 115 cm³/mol. The number of hydrogen-bond acceptors (Lipinski definition) is 1. The van der Waals surface area contributed by atoms with Gasteiger partial charge >= 0.3 is 0 Å². The lowest BCUT2D eigenvalue weighted by Gasteiger charge is -2.33. The number of rotatable bonds is 0. The highest BCUT2D eigenvalue weighted by Gasteiger charge is 2.36. The van der Waals surface area contributed by atoms with E-state index < -0.39 is 0 Å². The van der Waals surface area contributed by atoms with E-state index in [1.54, 1.807) is 0 Å². The van der Waals surface area contributed by atoms with Gasteiger partial charge in [0.1, 0.15) is 11.3 Å². The molecular formula is C26H21NO. The first-order chi connectivity index (χ1) is 13.9. The van der Waals surface area contributed by atoms with Crippen LogP contribution >= 0.6 is 0 Å². The third-order valence-electron chi connectivity index (χ3n) is 6.96. The average molecular weight is 363 g/mol. The maximum absolute atomic E-state index is 6.61. The number of H-pyrrole nitrogens is 1. The van der Waals surface area contributed by atoms with Crippen LogP contribution in [0.15, 0.2) is 46.9 Å². The number of fused-ring (bicyclic) bond motifs is 11. The van der Waals surface area contributed by atoms with Gasteiger partial charge in [-0.15, -0.1) is 0 Å². The smallest absolute Gasteiger partial charge is 0.144 e. The molecule has 0 saturated carbocycles. The van der Waals surface area contributed by atoms with Crippen LogP contribution in [0.3, 0.4) is 0 Å². The van der Waals surface area contributed by atoms with Crippen molar-refractivity contribution in [2.24, 2.45) is 5.92 Å². The second-order valence-electron chi connectivity index (χ2n) is 8.41. The van der Waals surface area contributed by atoms with Gasteiger partial charge in [-0.3, -0.25) is 0 Å². The number of aromatic nitrogens is 1. The lowest BCUT2D eigenvalue weighted by Crippen LogP contribution is -2.24. The summed E-state index contributed by atoms with van der Waals surface area (Å²) in [6.07, 6.45) is 13.9. The maximum atomic E-state index is 6.61. The molecule has 2 heteroatoms. The van der Waals surface area contributed by atoms with Gasteiger partial charge in [0, 0.05) is 33.9 Å². The lowest BCUT2D eigenvalue weighted by molar-refractivity contribution is 0.431. The highest BCUT2D eigenvalue weighted by molar-refractivity contribution is 6.05. The Hall–Kier alpha value is -3.00. The van der Waals surface area contributed by atoms with Gasteiger partial charge in [-0.25, -0.2) is 0 Å². The van der Waals surface area contributed by atoms with Gasteiger partial charge in [0.05, 0.1) is 10.9 Å². The number of furan rings is 1. The first-order valence-corrected chi connectivity index (χ1v) is 10.4. The summed E-state index contributed by atoms with van der Waals surface area (Å²) in [6, 6.07) is 13.4. The zero-order chi connectivity index (χ0) is 18.2. The highest BCUT2D eigenvalue weighted by Crippen LogP contribution is 2.49. The Labute approximate surface area is 162 Å². The van der Waals surface area contributed by atoms with Crippen LogP contribution in [0.5, 0.6) is 0 Å². The van der Waals surface area contributed by atoms with E-state index >= 15 is 0 Å². The second-order valence-corrected chi connectivity index (χ2v) is 8.41. The molecule has 0 spiro atoms. The molecule has 7 rings (SSSR count). The molecule has 3 aliphatic rings. The van der Waals surface area contributed by atoms with Crippen molar-refractivity contribution in [1.29, 1.82) is 0 Å². The van der Waals surface area contributed by atoms with Gasteiger partial charge in [-0.2, -0.15) is 0 Å². The SMILES string of the molecule is C1=CC2CCc3oc4c(ccc5[nH]c6c(c54)=CCCC=6)c3C2c2ccccc21. The molecular weight excluding hydrogens is 342 g/mol. The van der Waals surface area contributed by atoms with Crippen molar-refractivity contribution in [3.8, 4) is 0 Å². The van der Waals surface area contributed by atoms with Crippen LogP contribution in [0.2, 0.25) is 0 Å². The first kappa shape index (κ1) is 15.0. The topological polar surface area (TPSA) is 28.9 Å². The second kappa shape index (κ2) is 5.29. The number of hydrogen-bond donors (Lipinski definition) is 1. The summed E-state index contributed by atoms with van der Waals surface area (Å²) in [6.45, 7) is 0. The number of allylic oxidation sites excluding steroid dienone is 1. The minimum Gasteiger partial charge on any atom is -0.460 e. The predicted octanol–water partition coefficient (Wildman–Crippen LogP) is 4.99. The Balaban J connectivity index is 1.59. The zero-order valence-electron chi connectivity index (χ0n) is 15.7. The molecule has 2 atom stereocenters. The molecule has 2 unspecified atom stereocenters. The van der Waals surface area contributed by atoms with E-state index in [1.165, 1.54) is 49.3 Å². The van der Waals surface area contributed by atoms with Crippen molar-refractivity contribution < 1.29 is 4.42 Å². The summed E-state index contributed by atoms with van der Waals surface area (Å²) in [5, 5.41) is 5.17. The van der Waals surface area contributed by atoms with Gasteiger partial charge < -0.3 is 9.40 Å². The van der Waals surface area contributed by atoms with Crippen LogP contribution < -0.4 is 10.6 Å². The van der Waals surface area contributed by atoms with Gasteiger partial charge in [0.25, 0.3) is 0 Å². The molecule has 2 aromatic carbocycles. The summed E-state index contributed by atoms with van der Waals surface area (Å²) in [7, 11) is 0. The fourth-order valence-corrected chi connectivity index (χ4v) is 5.75. The first-order valence-electron chi connectivity index (χ1n) is 10.4. The monoisotopic (exact) mass is 363 g/mol. The molecule has 0 radical (unpaired) electrons. The van der Waals surface area contributed by atoms with Crippen LogP contribution in [-0.4, -0.2) is 4.98 Å². The number of nitrogens with one attached hydrogen (secondary N) is 1. The van der Waals surface area contributed by atoms with E-state index in [4.69, 9.17) is 4.42 Å². The molecule has 0 amide bonds. The quantitative estimate of drug-likeness (QED) is 0.468. The van der Waals surface area contributed by atoms with Crippen LogP contribution in [0.1, 0.15) is 47.6 Å². The Morgan fingerprint density at radius 1 is 1.00 bits per heavy atom. The molecule has 0 saturated heterocycles. The molecule has 2 aromatic heterocycles. The van der Waals surface area contributed by atoms with Crippen LogP contribution in [0.25, 0.3) is 40.1 Å². The minimum absolute atomic E-state index is 0.411. The van der Waals surface area contributed by atoms with E-state index in [9.17, 15) is 0 Å². The molecule has 3 aliphatic carbocycles. The number of aryl methyl sites for hydroxylation is 1. The van der Waals surface area contributed by atoms with Crippen molar-refractivity contribution in [2.45, 2.75) is 31.6 Å². The number of aromatic amines is 1. The maximum Gasteiger partial charge on any atom is 0.144 e. The third-order valence-corrected chi connectivity index (χ3v) is 6.96. The van der Waals surface area contributed by atoms with Gasteiger partial charge in [-0.05, 0) is 48.4 Å². The fraction of sp³-hybridized carbons (Fsp3) is 0.231. The summed E-state index contributed by atoms with van der Waals surface area (Å²) >= 11 is 0. The van der Waals surface area contributed by atoms with Crippen molar-refractivity contribution in [1.82, 2.24) is 4.98 Å². The van der Waals surface area contributed by atoms with E-state index in [0.29, 0.717) is 11.8 Å². The highest BCUT2D eigenvalue weighted by atomic mass is 16.3. The molecule has 0 aliphatic heterocycles. The van der Waals surface area contributed by atoms with Gasteiger partial charge in [-0.1, -0.05) is 48.6 Å². The Kier molecular flexibility index (Phi) is 2.83. The minimum atomic E-state index is 0.411. The molecule has 1 N–H and O–H groups in total. The zero-order valence-corrected chi connectivity index (χ0v) is 15.7. The van der Waals surface area contributed by atoms with E-state index in [1.807, 2.05) is 0 Å². The Morgan fingerprint density at radius 2 is 1.93 bits per heavy atom. The van der Waals surface area contributed by atoms with Crippen molar-refractivity contribution in [2.75, 3.05) is 0 Å². The molecule has 4 aromatic rings. The van der Waals surface area contributed by atoms with E-state index in [-0.39, 0.29) is 0 Å². The lowest BCUT2D eigenvalue weighted by atomic mass is 9.69. The summed E-state index contributed by atoms with van der Waals surface area (Å²) in [5.41, 5.74) is 6.51. The molecule has 136 valence electrons. The molecule has 2 heterocycles.